The SMILES string of the molecule is CCCCCCCCCCCCCCCCCCCCCCCCCC(=O)OC(COCCCCCCCCCCCCCCCCCCCC)COP(=O)(O)OCC(O)CO. The summed E-state index contributed by atoms with van der Waals surface area (Å²) in [5.41, 5.74) is 0. The number of ether oxygens (including phenoxy) is 2. The lowest BCUT2D eigenvalue weighted by molar-refractivity contribution is -0.154. The van der Waals surface area contributed by atoms with Crippen LogP contribution in [0, 0.1) is 0 Å². The number of hydrogen-bond donors (Lipinski definition) is 3. The molecule has 0 heterocycles. The van der Waals surface area contributed by atoms with Crippen LogP contribution < -0.4 is 0 Å². The van der Waals surface area contributed by atoms with Crippen LogP contribution in [0.3, 0.4) is 0 Å². The fraction of sp³-hybridized carbons (Fsp3) is 0.981. The molecule has 0 bridgehead atoms. The first-order chi connectivity index (χ1) is 30.3. The molecule has 10 heteroatoms. The van der Waals surface area contributed by atoms with Crippen LogP contribution in [0.4, 0.5) is 0 Å². The van der Waals surface area contributed by atoms with Gasteiger partial charge in [0.25, 0.3) is 0 Å². The van der Waals surface area contributed by atoms with E-state index in [1.807, 2.05) is 0 Å². The highest BCUT2D eigenvalue weighted by Gasteiger charge is 2.26. The van der Waals surface area contributed by atoms with E-state index in [0.717, 1.165) is 32.1 Å². The van der Waals surface area contributed by atoms with Crippen molar-refractivity contribution in [3.8, 4) is 0 Å². The summed E-state index contributed by atoms with van der Waals surface area (Å²) in [5.74, 6) is -0.372. The minimum Gasteiger partial charge on any atom is -0.457 e. The Balaban J connectivity index is 3.97. The lowest BCUT2D eigenvalue weighted by Crippen LogP contribution is -2.29. The average molecular weight is 905 g/mol. The maximum Gasteiger partial charge on any atom is 0.472 e. The van der Waals surface area contributed by atoms with Crippen LogP contribution in [0.15, 0.2) is 0 Å². The highest BCUT2D eigenvalue weighted by molar-refractivity contribution is 7.47. The van der Waals surface area contributed by atoms with E-state index in [-0.39, 0.29) is 25.6 Å². The van der Waals surface area contributed by atoms with Gasteiger partial charge in [0.15, 0.2) is 0 Å². The summed E-state index contributed by atoms with van der Waals surface area (Å²) in [6.07, 6.45) is 52.2. The molecule has 0 aliphatic carbocycles. The van der Waals surface area contributed by atoms with E-state index >= 15 is 0 Å². The van der Waals surface area contributed by atoms with Crippen molar-refractivity contribution in [3.63, 3.8) is 0 Å². The van der Waals surface area contributed by atoms with E-state index in [1.54, 1.807) is 0 Å². The van der Waals surface area contributed by atoms with Crippen molar-refractivity contribution in [2.45, 2.75) is 296 Å². The van der Waals surface area contributed by atoms with Crippen LogP contribution in [-0.4, -0.2) is 66.3 Å². The monoisotopic (exact) mass is 905 g/mol. The molecule has 0 radical (unpaired) electrons. The van der Waals surface area contributed by atoms with E-state index in [4.69, 9.17) is 23.6 Å². The van der Waals surface area contributed by atoms with Gasteiger partial charge in [-0.2, -0.15) is 0 Å². The lowest BCUT2D eigenvalue weighted by atomic mass is 10.0. The lowest BCUT2D eigenvalue weighted by Gasteiger charge is -2.20. The van der Waals surface area contributed by atoms with Crippen molar-refractivity contribution in [3.05, 3.63) is 0 Å². The molecule has 372 valence electrons. The molecule has 0 rings (SSSR count). The van der Waals surface area contributed by atoms with Gasteiger partial charge >= 0.3 is 13.8 Å². The third-order valence-corrected chi connectivity index (χ3v) is 13.2. The molecule has 0 aromatic rings. The van der Waals surface area contributed by atoms with Gasteiger partial charge in [0.05, 0.1) is 26.4 Å². The van der Waals surface area contributed by atoms with E-state index in [2.05, 4.69) is 13.8 Å². The minimum absolute atomic E-state index is 0.0589. The number of aliphatic hydroxyl groups excluding tert-OH is 2. The summed E-state index contributed by atoms with van der Waals surface area (Å²) in [6, 6.07) is 0. The second kappa shape index (κ2) is 49.9. The molecule has 3 N–H and O–H groups in total. The molecule has 0 aliphatic heterocycles. The third kappa shape index (κ3) is 48.9. The number of carbonyl (C=O) groups excluding carboxylic acids is 1. The van der Waals surface area contributed by atoms with Crippen LogP contribution >= 0.6 is 7.82 Å². The third-order valence-electron chi connectivity index (χ3n) is 12.3. The maximum absolute atomic E-state index is 12.7. The molecule has 3 atom stereocenters. The fourth-order valence-electron chi connectivity index (χ4n) is 8.18. The number of rotatable bonds is 53. The van der Waals surface area contributed by atoms with Gasteiger partial charge < -0.3 is 24.6 Å². The predicted octanol–water partition coefficient (Wildman–Crippen LogP) is 15.8. The zero-order valence-electron chi connectivity index (χ0n) is 41.1. The van der Waals surface area contributed by atoms with E-state index < -0.39 is 33.2 Å². The quantitative estimate of drug-likeness (QED) is 0.0310. The van der Waals surface area contributed by atoms with Gasteiger partial charge in [-0.1, -0.05) is 264 Å². The molecular weight excluding hydrogens is 800 g/mol. The fourth-order valence-corrected chi connectivity index (χ4v) is 8.97. The summed E-state index contributed by atoms with van der Waals surface area (Å²) in [5, 5.41) is 18.4. The van der Waals surface area contributed by atoms with Gasteiger partial charge in [0.1, 0.15) is 12.2 Å². The molecule has 0 aliphatic rings. The number of esters is 1. The molecule has 0 amide bonds. The van der Waals surface area contributed by atoms with Crippen molar-refractivity contribution < 1.29 is 43.0 Å². The standard InChI is InChI=1S/C52H105O9P/c1-3-5-7-9-11-13-15-17-19-21-23-24-25-26-27-28-30-32-34-36-38-40-42-44-52(55)61-51(49-60-62(56,57)59-47-50(54)46-53)48-58-45-43-41-39-37-35-33-31-29-22-20-18-16-14-12-10-8-6-4-2/h50-51,53-54H,3-49H2,1-2H3,(H,56,57). The summed E-state index contributed by atoms with van der Waals surface area (Å²) in [7, 11) is -4.52. The molecule has 62 heavy (non-hydrogen) atoms. The molecule has 0 spiro atoms. The Labute approximate surface area is 384 Å². The molecule has 0 fully saturated rings. The van der Waals surface area contributed by atoms with Crippen molar-refractivity contribution in [2.24, 2.45) is 0 Å². The summed E-state index contributed by atoms with van der Waals surface area (Å²) in [6.45, 7) is 3.61. The van der Waals surface area contributed by atoms with Crippen LogP contribution in [0.1, 0.15) is 284 Å². The average Bonchev–Trinajstić information content (AvgIpc) is 3.26. The molecule has 0 aromatic heterocycles. The highest BCUT2D eigenvalue weighted by atomic mass is 31.2. The maximum atomic E-state index is 12.7. The zero-order chi connectivity index (χ0) is 45.3. The van der Waals surface area contributed by atoms with Gasteiger partial charge in [0, 0.05) is 13.0 Å². The number of aliphatic hydroxyl groups is 2. The first-order valence-electron chi connectivity index (χ1n) is 27.0. The van der Waals surface area contributed by atoms with Crippen molar-refractivity contribution in [2.75, 3.05) is 33.0 Å². The van der Waals surface area contributed by atoms with Gasteiger partial charge in [-0.05, 0) is 12.8 Å². The summed E-state index contributed by atoms with van der Waals surface area (Å²) in [4.78, 5) is 22.7. The van der Waals surface area contributed by atoms with Gasteiger partial charge in [-0.3, -0.25) is 13.8 Å². The molecule has 0 aromatic carbocycles. The largest absolute Gasteiger partial charge is 0.472 e. The molecule has 0 saturated heterocycles. The first kappa shape index (κ1) is 61.5. The van der Waals surface area contributed by atoms with Gasteiger partial charge in [-0.15, -0.1) is 0 Å². The van der Waals surface area contributed by atoms with Crippen molar-refractivity contribution >= 4 is 13.8 Å². The second-order valence-electron chi connectivity index (χ2n) is 18.6. The summed E-state index contributed by atoms with van der Waals surface area (Å²) < 4.78 is 33.6. The van der Waals surface area contributed by atoms with Gasteiger partial charge in [-0.25, -0.2) is 4.57 Å². The van der Waals surface area contributed by atoms with Gasteiger partial charge in [0.2, 0.25) is 0 Å². The van der Waals surface area contributed by atoms with Crippen molar-refractivity contribution in [1.82, 2.24) is 0 Å². The molecule has 3 unspecified atom stereocenters. The molecule has 9 nitrogen and oxygen atoms in total. The van der Waals surface area contributed by atoms with E-state index in [9.17, 15) is 19.4 Å². The van der Waals surface area contributed by atoms with E-state index in [1.165, 1.54) is 231 Å². The van der Waals surface area contributed by atoms with Crippen LogP contribution in [0.2, 0.25) is 0 Å². The smallest absolute Gasteiger partial charge is 0.457 e. The first-order valence-corrected chi connectivity index (χ1v) is 28.5. The predicted molar refractivity (Wildman–Crippen MR) is 261 cm³/mol. The number of hydrogen-bond acceptors (Lipinski definition) is 8. The number of phosphoric ester groups is 1. The van der Waals surface area contributed by atoms with Crippen molar-refractivity contribution in [1.29, 1.82) is 0 Å². The highest BCUT2D eigenvalue weighted by Crippen LogP contribution is 2.43. The Morgan fingerprint density at radius 2 is 0.726 bits per heavy atom. The Bertz CT molecular complexity index is 938. The molecule has 0 saturated carbocycles. The minimum atomic E-state index is -4.52. The Hall–Kier alpha value is -0.540. The van der Waals surface area contributed by atoms with Crippen LogP contribution in [-0.2, 0) is 27.9 Å². The number of phosphoric acid groups is 1. The Kier molecular flexibility index (Phi) is 49.5. The topological polar surface area (TPSA) is 132 Å². The normalized spacial score (nSPS) is 13.7. The second-order valence-corrected chi connectivity index (χ2v) is 20.1. The van der Waals surface area contributed by atoms with Crippen LogP contribution in [0.25, 0.3) is 0 Å². The van der Waals surface area contributed by atoms with E-state index in [0.29, 0.717) is 6.61 Å². The number of unbranched alkanes of at least 4 members (excludes halogenated alkanes) is 39. The Morgan fingerprint density at radius 3 is 1.05 bits per heavy atom. The summed E-state index contributed by atoms with van der Waals surface area (Å²) >= 11 is 0. The zero-order valence-corrected chi connectivity index (χ0v) is 42.0. The molecular formula is C52H105O9P. The Morgan fingerprint density at radius 1 is 0.435 bits per heavy atom. The van der Waals surface area contributed by atoms with Crippen LogP contribution in [0.5, 0.6) is 0 Å². The number of carbonyl (C=O) groups is 1.